The first-order valence-corrected chi connectivity index (χ1v) is 5.69. The monoisotopic (exact) mass is 259 g/mol. The summed E-state index contributed by atoms with van der Waals surface area (Å²) in [6.45, 7) is 1.50. The summed E-state index contributed by atoms with van der Waals surface area (Å²) in [7, 11) is 0. The number of thioether (sulfide) groups is 1. The number of nitro groups is 1. The van der Waals surface area contributed by atoms with Gasteiger partial charge >= 0.3 is 5.97 Å². The van der Waals surface area contributed by atoms with E-state index >= 15 is 0 Å². The van der Waals surface area contributed by atoms with Gasteiger partial charge in [0.1, 0.15) is 5.82 Å². The molecule has 0 fully saturated rings. The summed E-state index contributed by atoms with van der Waals surface area (Å²) in [5, 5.41) is 19.2. The van der Waals surface area contributed by atoms with E-state index in [0.29, 0.717) is 5.56 Å². The molecule has 1 aromatic rings. The van der Waals surface area contributed by atoms with Gasteiger partial charge in [0, 0.05) is 5.75 Å². The molecule has 1 rings (SSSR count). The number of carbonyl (C=O) groups is 1. The van der Waals surface area contributed by atoms with Crippen molar-refractivity contribution in [2.45, 2.75) is 18.2 Å². The normalized spacial score (nSPS) is 10.2. The maximum Gasteiger partial charge on any atom is 0.304 e. The highest BCUT2D eigenvalue weighted by molar-refractivity contribution is 7.99. The zero-order valence-electron chi connectivity index (χ0n) is 8.97. The second-order valence-electron chi connectivity index (χ2n) is 3.32. The molecule has 0 saturated carbocycles. The fraction of sp³-hybridized carbons (Fsp3) is 0.300. The van der Waals surface area contributed by atoms with Gasteiger partial charge in [-0.25, -0.2) is 4.39 Å². The van der Waals surface area contributed by atoms with Crippen molar-refractivity contribution in [2.75, 3.05) is 5.75 Å². The van der Waals surface area contributed by atoms with Crippen LogP contribution in [0.4, 0.5) is 10.1 Å². The molecule has 0 saturated heterocycles. The fourth-order valence-corrected chi connectivity index (χ4v) is 2.19. The number of rotatable bonds is 5. The maximum absolute atomic E-state index is 13.2. The minimum Gasteiger partial charge on any atom is -0.481 e. The molecule has 0 amide bonds. The third kappa shape index (κ3) is 3.70. The number of aliphatic carboxylic acids is 1. The van der Waals surface area contributed by atoms with E-state index in [0.717, 1.165) is 17.8 Å². The Labute approximate surface area is 101 Å². The lowest BCUT2D eigenvalue weighted by atomic mass is 10.2. The molecule has 0 atom stereocenters. The predicted octanol–water partition coefficient (Wildman–Crippen LogP) is 2.61. The minimum atomic E-state index is -0.973. The summed E-state index contributed by atoms with van der Waals surface area (Å²) in [6, 6.07) is 2.22. The second kappa shape index (κ2) is 5.62. The number of halogens is 1. The first-order valence-electron chi connectivity index (χ1n) is 4.71. The molecule has 5 nitrogen and oxygen atoms in total. The van der Waals surface area contributed by atoms with Crippen molar-refractivity contribution in [2.24, 2.45) is 0 Å². The van der Waals surface area contributed by atoms with E-state index in [9.17, 15) is 19.3 Å². The van der Waals surface area contributed by atoms with Crippen LogP contribution in [0.2, 0.25) is 0 Å². The Morgan fingerprint density at radius 2 is 2.24 bits per heavy atom. The van der Waals surface area contributed by atoms with Gasteiger partial charge < -0.3 is 5.11 Å². The molecule has 0 heterocycles. The van der Waals surface area contributed by atoms with Crippen molar-refractivity contribution in [1.29, 1.82) is 0 Å². The molecule has 92 valence electrons. The van der Waals surface area contributed by atoms with E-state index in [-0.39, 0.29) is 22.8 Å². The van der Waals surface area contributed by atoms with Gasteiger partial charge in [-0.2, -0.15) is 0 Å². The standard InChI is InChI=1S/C10H10FNO4S/c1-6-4-9(17-3-2-10(13)14)8(12(15)16)5-7(6)11/h4-5H,2-3H2,1H3,(H,13,14). The highest BCUT2D eigenvalue weighted by Gasteiger charge is 2.17. The summed E-state index contributed by atoms with van der Waals surface area (Å²) < 4.78 is 13.2. The van der Waals surface area contributed by atoms with Crippen LogP contribution in [0.1, 0.15) is 12.0 Å². The molecule has 0 radical (unpaired) electrons. The van der Waals surface area contributed by atoms with Crippen LogP contribution in [0, 0.1) is 22.9 Å². The van der Waals surface area contributed by atoms with Crippen LogP contribution in [0.3, 0.4) is 0 Å². The van der Waals surface area contributed by atoms with Gasteiger partial charge in [-0.3, -0.25) is 14.9 Å². The maximum atomic E-state index is 13.2. The first-order chi connectivity index (χ1) is 7.91. The SMILES string of the molecule is Cc1cc(SCCC(=O)O)c([N+](=O)[O-])cc1F. The Balaban J connectivity index is 2.92. The molecule has 0 spiro atoms. The zero-order chi connectivity index (χ0) is 13.0. The molecule has 0 aliphatic carbocycles. The van der Waals surface area contributed by atoms with Gasteiger partial charge in [0.05, 0.1) is 22.3 Å². The number of benzene rings is 1. The molecule has 1 N–H and O–H groups in total. The molecule has 0 bridgehead atoms. The van der Waals surface area contributed by atoms with Crippen molar-refractivity contribution >= 4 is 23.4 Å². The average Bonchev–Trinajstić information content (AvgIpc) is 2.22. The number of hydrogen-bond donors (Lipinski definition) is 1. The number of aryl methyl sites for hydroxylation is 1. The van der Waals surface area contributed by atoms with Crippen LogP contribution in [-0.2, 0) is 4.79 Å². The lowest BCUT2D eigenvalue weighted by Gasteiger charge is -2.04. The molecule has 0 aliphatic heterocycles. The minimum absolute atomic E-state index is 0.0990. The lowest BCUT2D eigenvalue weighted by molar-refractivity contribution is -0.387. The Bertz CT molecular complexity index is 464. The Morgan fingerprint density at radius 3 is 2.76 bits per heavy atom. The van der Waals surface area contributed by atoms with Gasteiger partial charge in [0.2, 0.25) is 0 Å². The van der Waals surface area contributed by atoms with Crippen LogP contribution in [0.5, 0.6) is 0 Å². The Hall–Kier alpha value is -1.63. The summed E-state index contributed by atoms with van der Waals surface area (Å²) >= 11 is 1.04. The molecule has 0 aliphatic rings. The second-order valence-corrected chi connectivity index (χ2v) is 4.46. The fourth-order valence-electron chi connectivity index (χ4n) is 1.15. The highest BCUT2D eigenvalue weighted by Crippen LogP contribution is 2.31. The lowest BCUT2D eigenvalue weighted by Crippen LogP contribution is -1.98. The van der Waals surface area contributed by atoms with Gasteiger partial charge in [-0.05, 0) is 18.6 Å². The number of hydrogen-bond acceptors (Lipinski definition) is 4. The Kier molecular flexibility index (Phi) is 4.45. The number of nitro benzene ring substituents is 1. The average molecular weight is 259 g/mol. The van der Waals surface area contributed by atoms with Gasteiger partial charge in [-0.1, -0.05) is 0 Å². The highest BCUT2D eigenvalue weighted by atomic mass is 32.2. The Morgan fingerprint density at radius 1 is 1.59 bits per heavy atom. The molecular weight excluding hydrogens is 249 g/mol. The molecule has 1 aromatic carbocycles. The van der Waals surface area contributed by atoms with E-state index in [1.807, 2.05) is 0 Å². The predicted molar refractivity (Wildman–Crippen MR) is 60.8 cm³/mol. The van der Waals surface area contributed by atoms with E-state index in [1.165, 1.54) is 13.0 Å². The number of carboxylic acids is 1. The first kappa shape index (κ1) is 13.4. The topological polar surface area (TPSA) is 80.4 Å². The van der Waals surface area contributed by atoms with Crippen LogP contribution in [0.25, 0.3) is 0 Å². The quantitative estimate of drug-likeness (QED) is 0.499. The largest absolute Gasteiger partial charge is 0.481 e. The zero-order valence-corrected chi connectivity index (χ0v) is 9.79. The van der Waals surface area contributed by atoms with Crippen LogP contribution < -0.4 is 0 Å². The van der Waals surface area contributed by atoms with Gasteiger partial charge in [-0.15, -0.1) is 11.8 Å². The van der Waals surface area contributed by atoms with Crippen LogP contribution in [-0.4, -0.2) is 21.8 Å². The van der Waals surface area contributed by atoms with Crippen molar-refractivity contribution in [3.8, 4) is 0 Å². The summed E-state index contributed by atoms with van der Waals surface area (Å²) in [5.41, 5.74) is -0.0306. The molecule has 17 heavy (non-hydrogen) atoms. The molecule has 0 aromatic heterocycles. The van der Waals surface area contributed by atoms with Crippen molar-refractivity contribution in [1.82, 2.24) is 0 Å². The number of nitrogens with zero attached hydrogens (tertiary/aromatic N) is 1. The summed E-state index contributed by atoms with van der Waals surface area (Å²) in [5.74, 6) is -1.40. The molecule has 7 heteroatoms. The summed E-state index contributed by atoms with van der Waals surface area (Å²) in [4.78, 5) is 20.6. The van der Waals surface area contributed by atoms with E-state index < -0.39 is 16.7 Å². The third-order valence-corrected chi connectivity index (χ3v) is 3.06. The summed E-state index contributed by atoms with van der Waals surface area (Å²) in [6.07, 6.45) is -0.0990. The van der Waals surface area contributed by atoms with E-state index in [4.69, 9.17) is 5.11 Å². The molecular formula is C10H10FNO4S. The van der Waals surface area contributed by atoms with E-state index in [2.05, 4.69) is 0 Å². The van der Waals surface area contributed by atoms with Gasteiger partial charge in [0.25, 0.3) is 5.69 Å². The van der Waals surface area contributed by atoms with Gasteiger partial charge in [0.15, 0.2) is 0 Å². The molecule has 0 unspecified atom stereocenters. The van der Waals surface area contributed by atoms with E-state index in [1.54, 1.807) is 0 Å². The van der Waals surface area contributed by atoms with Crippen molar-refractivity contribution in [3.05, 3.63) is 33.6 Å². The van der Waals surface area contributed by atoms with Crippen LogP contribution in [0.15, 0.2) is 17.0 Å². The van der Waals surface area contributed by atoms with Crippen molar-refractivity contribution < 1.29 is 19.2 Å². The van der Waals surface area contributed by atoms with Crippen molar-refractivity contribution in [3.63, 3.8) is 0 Å². The number of carboxylic acid groups (broad SMARTS) is 1. The smallest absolute Gasteiger partial charge is 0.304 e. The van der Waals surface area contributed by atoms with Crippen LogP contribution >= 0.6 is 11.8 Å². The third-order valence-electron chi connectivity index (χ3n) is 2.01.